The van der Waals surface area contributed by atoms with Gasteiger partial charge in [-0.1, -0.05) is 0 Å². The Labute approximate surface area is 108 Å². The lowest BCUT2D eigenvalue weighted by atomic mass is 9.93. The number of hydrogen-bond acceptors (Lipinski definition) is 3. The van der Waals surface area contributed by atoms with Gasteiger partial charge in [0.1, 0.15) is 0 Å². The first kappa shape index (κ1) is 12.2. The van der Waals surface area contributed by atoms with E-state index in [2.05, 4.69) is 28.1 Å². The van der Waals surface area contributed by atoms with Crippen LogP contribution in [0.25, 0.3) is 0 Å². The Bertz CT molecular complexity index is 434. The second-order valence-corrected chi connectivity index (χ2v) is 6.09. The minimum atomic E-state index is -0.148. The van der Waals surface area contributed by atoms with Crippen LogP contribution in [-0.2, 0) is 6.54 Å². The van der Waals surface area contributed by atoms with Gasteiger partial charge in [0, 0.05) is 11.7 Å². The largest absolute Gasteiger partial charge is 0.394 e. The van der Waals surface area contributed by atoms with Gasteiger partial charge in [0.25, 0.3) is 0 Å². The van der Waals surface area contributed by atoms with Crippen LogP contribution >= 0.6 is 0 Å². The van der Waals surface area contributed by atoms with Crippen LogP contribution in [-0.4, -0.2) is 33.1 Å². The second-order valence-electron chi connectivity index (χ2n) is 6.09. The Morgan fingerprint density at radius 2 is 2.11 bits per heavy atom. The SMILES string of the molecule is Cc1cc(C)n(CC(CO)(NC2CC2)C2CC2)n1. The molecule has 4 heteroatoms. The molecule has 0 radical (unpaired) electrons. The number of aliphatic hydroxyl groups is 1. The normalized spacial score (nSPS) is 23.1. The predicted molar refractivity (Wildman–Crippen MR) is 70.4 cm³/mol. The van der Waals surface area contributed by atoms with Crippen LogP contribution in [0.3, 0.4) is 0 Å². The fourth-order valence-corrected chi connectivity index (χ4v) is 2.89. The molecule has 2 N–H and O–H groups in total. The lowest BCUT2D eigenvalue weighted by molar-refractivity contribution is 0.115. The zero-order valence-electron chi connectivity index (χ0n) is 11.3. The molecule has 1 aromatic heterocycles. The lowest BCUT2D eigenvalue weighted by Crippen LogP contribution is -2.55. The molecule has 1 heterocycles. The minimum absolute atomic E-state index is 0.148. The highest BCUT2D eigenvalue weighted by molar-refractivity contribution is 5.10. The van der Waals surface area contributed by atoms with Crippen LogP contribution in [0.4, 0.5) is 0 Å². The van der Waals surface area contributed by atoms with Crippen LogP contribution in [0.15, 0.2) is 6.07 Å². The molecule has 1 aromatic rings. The molecule has 0 spiro atoms. The number of rotatable bonds is 6. The van der Waals surface area contributed by atoms with Crippen LogP contribution in [0.2, 0.25) is 0 Å². The van der Waals surface area contributed by atoms with Crippen molar-refractivity contribution in [1.29, 1.82) is 0 Å². The third-order valence-corrected chi connectivity index (χ3v) is 4.25. The number of nitrogens with one attached hydrogen (secondary N) is 1. The van der Waals surface area contributed by atoms with Crippen molar-refractivity contribution in [1.82, 2.24) is 15.1 Å². The first-order valence-electron chi connectivity index (χ1n) is 7.02. The van der Waals surface area contributed by atoms with Crippen molar-refractivity contribution in [2.45, 2.75) is 57.7 Å². The van der Waals surface area contributed by atoms with Crippen molar-refractivity contribution >= 4 is 0 Å². The summed E-state index contributed by atoms with van der Waals surface area (Å²) in [5.41, 5.74) is 2.09. The summed E-state index contributed by atoms with van der Waals surface area (Å²) in [6, 6.07) is 2.72. The smallest absolute Gasteiger partial charge is 0.0643 e. The predicted octanol–water partition coefficient (Wildman–Crippen LogP) is 1.39. The molecule has 18 heavy (non-hydrogen) atoms. The van der Waals surface area contributed by atoms with E-state index in [4.69, 9.17) is 0 Å². The van der Waals surface area contributed by atoms with E-state index >= 15 is 0 Å². The molecule has 3 rings (SSSR count). The summed E-state index contributed by atoms with van der Waals surface area (Å²) in [5.74, 6) is 0.618. The van der Waals surface area contributed by atoms with Gasteiger partial charge in [-0.2, -0.15) is 5.10 Å². The van der Waals surface area contributed by atoms with E-state index in [1.807, 2.05) is 6.92 Å². The van der Waals surface area contributed by atoms with Crippen LogP contribution < -0.4 is 5.32 Å². The van der Waals surface area contributed by atoms with E-state index < -0.39 is 0 Å². The Morgan fingerprint density at radius 3 is 2.56 bits per heavy atom. The average Bonchev–Trinajstić information content (AvgIpc) is 3.20. The fourth-order valence-electron chi connectivity index (χ4n) is 2.89. The second kappa shape index (κ2) is 4.35. The highest BCUT2D eigenvalue weighted by Gasteiger charge is 2.47. The topological polar surface area (TPSA) is 50.1 Å². The minimum Gasteiger partial charge on any atom is -0.394 e. The molecule has 0 amide bonds. The maximum Gasteiger partial charge on any atom is 0.0643 e. The summed E-state index contributed by atoms with van der Waals surface area (Å²) in [5, 5.41) is 18.2. The zero-order valence-corrected chi connectivity index (χ0v) is 11.3. The summed E-state index contributed by atoms with van der Waals surface area (Å²) in [6.07, 6.45) is 4.98. The highest BCUT2D eigenvalue weighted by atomic mass is 16.3. The molecule has 0 saturated heterocycles. The van der Waals surface area contributed by atoms with E-state index in [0.29, 0.717) is 12.0 Å². The molecule has 2 aliphatic carbocycles. The number of aromatic nitrogens is 2. The van der Waals surface area contributed by atoms with E-state index in [1.54, 1.807) is 0 Å². The monoisotopic (exact) mass is 249 g/mol. The van der Waals surface area contributed by atoms with Crippen LogP contribution in [0, 0.1) is 19.8 Å². The first-order chi connectivity index (χ1) is 8.63. The van der Waals surface area contributed by atoms with Gasteiger partial charge in [0.05, 0.1) is 24.4 Å². The third kappa shape index (κ3) is 2.31. The maximum absolute atomic E-state index is 9.92. The summed E-state index contributed by atoms with van der Waals surface area (Å²) >= 11 is 0. The fraction of sp³-hybridized carbons (Fsp3) is 0.786. The summed E-state index contributed by atoms with van der Waals surface area (Å²) < 4.78 is 2.05. The van der Waals surface area contributed by atoms with Crippen molar-refractivity contribution < 1.29 is 5.11 Å². The molecule has 0 bridgehead atoms. The zero-order chi connectivity index (χ0) is 12.8. The van der Waals surface area contributed by atoms with Crippen LogP contribution in [0.1, 0.15) is 37.1 Å². The molecular weight excluding hydrogens is 226 g/mol. The maximum atomic E-state index is 9.92. The standard InChI is InChI=1S/C14H23N3O/c1-10-7-11(2)17(16-10)8-14(9-18,12-3-4-12)15-13-5-6-13/h7,12-13,15,18H,3-6,8-9H2,1-2H3. The Hall–Kier alpha value is -0.870. The van der Waals surface area contributed by atoms with Crippen molar-refractivity contribution in [2.24, 2.45) is 5.92 Å². The van der Waals surface area contributed by atoms with Gasteiger partial charge in [-0.25, -0.2) is 0 Å². The molecule has 2 fully saturated rings. The molecular formula is C14H23N3O. The van der Waals surface area contributed by atoms with Gasteiger partial charge >= 0.3 is 0 Å². The molecule has 0 aromatic carbocycles. The number of aliphatic hydroxyl groups excluding tert-OH is 1. The average molecular weight is 249 g/mol. The van der Waals surface area contributed by atoms with Gasteiger partial charge < -0.3 is 10.4 Å². The quantitative estimate of drug-likeness (QED) is 0.801. The summed E-state index contributed by atoms with van der Waals surface area (Å²) in [4.78, 5) is 0. The molecule has 1 unspecified atom stereocenters. The Kier molecular flexibility index (Phi) is 2.94. The first-order valence-corrected chi connectivity index (χ1v) is 7.02. The molecule has 1 atom stereocenters. The van der Waals surface area contributed by atoms with E-state index in [-0.39, 0.29) is 12.1 Å². The van der Waals surface area contributed by atoms with Gasteiger partial charge in [-0.15, -0.1) is 0 Å². The van der Waals surface area contributed by atoms with Crippen molar-refractivity contribution in [3.8, 4) is 0 Å². The van der Waals surface area contributed by atoms with Crippen molar-refractivity contribution in [3.05, 3.63) is 17.5 Å². The molecule has 4 nitrogen and oxygen atoms in total. The van der Waals surface area contributed by atoms with Gasteiger partial charge in [-0.3, -0.25) is 4.68 Å². The van der Waals surface area contributed by atoms with Crippen LogP contribution in [0.5, 0.6) is 0 Å². The van der Waals surface area contributed by atoms with E-state index in [0.717, 1.165) is 12.2 Å². The molecule has 100 valence electrons. The molecule has 2 saturated carbocycles. The molecule has 0 aliphatic heterocycles. The van der Waals surface area contributed by atoms with Crippen molar-refractivity contribution in [2.75, 3.05) is 6.61 Å². The number of hydrogen-bond donors (Lipinski definition) is 2. The van der Waals surface area contributed by atoms with Crippen molar-refractivity contribution in [3.63, 3.8) is 0 Å². The van der Waals surface area contributed by atoms with Gasteiger partial charge in [-0.05, 0) is 51.5 Å². The van der Waals surface area contributed by atoms with Gasteiger partial charge in [0.15, 0.2) is 0 Å². The Morgan fingerprint density at radius 1 is 1.39 bits per heavy atom. The Balaban J connectivity index is 1.81. The van der Waals surface area contributed by atoms with E-state index in [9.17, 15) is 5.11 Å². The summed E-state index contributed by atoms with van der Waals surface area (Å²) in [7, 11) is 0. The number of nitrogens with zero attached hydrogens (tertiary/aromatic N) is 2. The highest BCUT2D eigenvalue weighted by Crippen LogP contribution is 2.42. The van der Waals surface area contributed by atoms with Gasteiger partial charge in [0.2, 0.25) is 0 Å². The number of aryl methyl sites for hydroxylation is 2. The summed E-state index contributed by atoms with van der Waals surface area (Å²) in [6.45, 7) is 5.12. The lowest BCUT2D eigenvalue weighted by Gasteiger charge is -2.34. The third-order valence-electron chi connectivity index (χ3n) is 4.25. The molecule has 2 aliphatic rings. The van der Waals surface area contributed by atoms with E-state index in [1.165, 1.54) is 31.4 Å².